The smallest absolute Gasteiger partial charge is 0.324 e. The molecule has 0 aliphatic heterocycles. The number of rotatable bonds is 9. The topological polar surface area (TPSA) is 67.8 Å². The Hall–Kier alpha value is -2.21. The van der Waals surface area contributed by atoms with Crippen molar-refractivity contribution in [2.75, 3.05) is 27.8 Å². The largest absolute Gasteiger partial charge is 0.752 e. The zero-order valence-electron chi connectivity index (χ0n) is 16.9. The van der Waals surface area contributed by atoms with Crippen molar-refractivity contribution in [3.8, 4) is 5.75 Å². The van der Waals surface area contributed by atoms with Crippen LogP contribution < -0.4 is 9.63 Å². The summed E-state index contributed by atoms with van der Waals surface area (Å²) < 4.78 is 27.6. The lowest BCUT2D eigenvalue weighted by atomic mass is 10.0. The van der Waals surface area contributed by atoms with Crippen molar-refractivity contribution < 1.29 is 28.0 Å². The van der Waals surface area contributed by atoms with Gasteiger partial charge >= 0.3 is 7.82 Å². The predicted molar refractivity (Wildman–Crippen MR) is 111 cm³/mol. The third-order valence-corrected chi connectivity index (χ3v) is 5.94. The Bertz CT molecular complexity index is 987. The van der Waals surface area contributed by atoms with Gasteiger partial charge in [-0.15, -0.1) is 4.62 Å². The minimum atomic E-state index is -4.41. The molecule has 3 rings (SSSR count). The predicted octanol–water partition coefficient (Wildman–Crippen LogP) is 4.47. The highest BCUT2D eigenvalue weighted by Gasteiger charge is 2.36. The van der Waals surface area contributed by atoms with E-state index >= 15 is 0 Å². The molecule has 0 saturated carbocycles. The maximum absolute atomic E-state index is 11.9. The zero-order chi connectivity index (χ0) is 20.9. The van der Waals surface area contributed by atoms with Gasteiger partial charge in [0.2, 0.25) is 0 Å². The second kappa shape index (κ2) is 9.08. The second-order valence-electron chi connectivity index (χ2n) is 7.19. The highest BCUT2D eigenvalue weighted by molar-refractivity contribution is 7.45. The minimum absolute atomic E-state index is 0.239. The van der Waals surface area contributed by atoms with Gasteiger partial charge in [0.05, 0.1) is 20.7 Å². The fourth-order valence-corrected chi connectivity index (χ4v) is 4.16. The lowest BCUT2D eigenvalue weighted by molar-refractivity contribution is -1.08. The van der Waals surface area contributed by atoms with Crippen molar-refractivity contribution in [2.24, 2.45) is 0 Å². The van der Waals surface area contributed by atoms with Gasteiger partial charge in [-0.3, -0.25) is 4.57 Å². The van der Waals surface area contributed by atoms with E-state index in [9.17, 15) is 9.46 Å². The van der Waals surface area contributed by atoms with Crippen LogP contribution in [-0.4, -0.2) is 32.5 Å². The molecule has 0 bridgehead atoms. The average Bonchev–Trinajstić information content (AvgIpc) is 2.71. The maximum Gasteiger partial charge on any atom is 0.324 e. The molecule has 3 aromatic carbocycles. The van der Waals surface area contributed by atoms with E-state index in [2.05, 4.69) is 4.52 Å². The first-order chi connectivity index (χ1) is 13.8. The van der Waals surface area contributed by atoms with Gasteiger partial charge in [-0.2, -0.15) is 4.65 Å². The van der Waals surface area contributed by atoms with Gasteiger partial charge in [-0.05, 0) is 11.5 Å². The lowest BCUT2D eigenvalue weighted by Gasteiger charge is -2.38. The van der Waals surface area contributed by atoms with Crippen molar-refractivity contribution in [1.29, 1.82) is 0 Å². The first kappa shape index (κ1) is 21.5. The van der Waals surface area contributed by atoms with E-state index in [4.69, 9.17) is 9.36 Å². The van der Waals surface area contributed by atoms with E-state index in [1.54, 1.807) is 14.1 Å². The lowest BCUT2D eigenvalue weighted by Crippen LogP contribution is -2.44. The molecule has 0 amide bonds. The van der Waals surface area contributed by atoms with Crippen LogP contribution in [0.3, 0.4) is 0 Å². The molecular weight excluding hydrogens is 389 g/mol. The van der Waals surface area contributed by atoms with Crippen LogP contribution in [0.2, 0.25) is 0 Å². The summed E-state index contributed by atoms with van der Waals surface area (Å²) in [6.07, 6.45) is 0.546. The molecule has 0 heterocycles. The molecule has 0 aromatic heterocycles. The van der Waals surface area contributed by atoms with E-state index < -0.39 is 7.82 Å². The number of nitrogens with zero attached hydrogens (tertiary/aromatic N) is 1. The summed E-state index contributed by atoms with van der Waals surface area (Å²) in [6, 6.07) is 23.4. The molecule has 0 spiro atoms. The van der Waals surface area contributed by atoms with Crippen molar-refractivity contribution in [3.63, 3.8) is 0 Å². The maximum atomic E-state index is 11.9. The van der Waals surface area contributed by atoms with Crippen LogP contribution in [0.5, 0.6) is 5.75 Å². The summed E-state index contributed by atoms with van der Waals surface area (Å²) in [7, 11) is 0.0688. The molecule has 29 heavy (non-hydrogen) atoms. The molecule has 1 unspecified atom stereocenters. The van der Waals surface area contributed by atoms with E-state index in [0.29, 0.717) is 13.0 Å². The molecule has 3 aromatic rings. The SMILES string of the molecule is COP(=O)([O-])O[N+](C)(C)[C@@H](CCOc1cccc2ccccc12)c1ccccc1. The Kier molecular flexibility index (Phi) is 6.73. The Morgan fingerprint density at radius 1 is 0.966 bits per heavy atom. The van der Waals surface area contributed by atoms with E-state index in [-0.39, 0.29) is 10.7 Å². The van der Waals surface area contributed by atoms with E-state index in [1.807, 2.05) is 72.8 Å². The first-order valence-electron chi connectivity index (χ1n) is 9.40. The molecule has 0 N–H and O–H groups in total. The average molecular weight is 415 g/mol. The van der Waals surface area contributed by atoms with Gasteiger partial charge in [0, 0.05) is 24.5 Å². The summed E-state index contributed by atoms with van der Waals surface area (Å²) in [5, 5.41) is 2.15. The highest BCUT2D eigenvalue weighted by atomic mass is 31.2. The summed E-state index contributed by atoms with van der Waals surface area (Å²) in [5.74, 6) is 0.799. The van der Waals surface area contributed by atoms with Gasteiger partial charge in [-0.1, -0.05) is 66.7 Å². The molecule has 0 saturated heterocycles. The van der Waals surface area contributed by atoms with E-state index in [1.165, 1.54) is 0 Å². The molecule has 0 fully saturated rings. The number of hydrogen-bond acceptors (Lipinski definition) is 5. The number of phosphoric ester groups is 1. The van der Waals surface area contributed by atoms with Crippen LogP contribution in [0.1, 0.15) is 18.0 Å². The normalized spacial score (nSPS) is 15.0. The van der Waals surface area contributed by atoms with Gasteiger partial charge in [0.1, 0.15) is 11.8 Å². The Morgan fingerprint density at radius 2 is 1.62 bits per heavy atom. The minimum Gasteiger partial charge on any atom is -0.752 e. The van der Waals surface area contributed by atoms with Crippen LogP contribution >= 0.6 is 7.82 Å². The number of hydrogen-bond donors (Lipinski definition) is 0. The molecular formula is C22H26NO5P. The number of hydroxylamine groups is 3. The quantitative estimate of drug-likeness (QED) is 0.293. The van der Waals surface area contributed by atoms with Gasteiger partial charge in [0.25, 0.3) is 0 Å². The van der Waals surface area contributed by atoms with Crippen molar-refractivity contribution in [2.45, 2.75) is 12.5 Å². The number of fused-ring (bicyclic) bond motifs is 1. The van der Waals surface area contributed by atoms with Crippen LogP contribution in [0, 0.1) is 0 Å². The molecule has 0 radical (unpaired) electrons. The molecule has 0 aliphatic carbocycles. The number of quaternary nitrogens is 1. The van der Waals surface area contributed by atoms with Crippen LogP contribution in [0.15, 0.2) is 72.8 Å². The number of phosphoric acid groups is 1. The van der Waals surface area contributed by atoms with Crippen molar-refractivity contribution in [1.82, 2.24) is 0 Å². The fourth-order valence-electron chi connectivity index (χ4n) is 3.46. The highest BCUT2D eigenvalue weighted by Crippen LogP contribution is 2.44. The summed E-state index contributed by atoms with van der Waals surface area (Å²) in [4.78, 5) is 11.9. The third kappa shape index (κ3) is 5.44. The third-order valence-electron chi connectivity index (χ3n) is 4.87. The molecule has 0 aliphatic rings. The Labute approximate surface area is 171 Å². The molecule has 2 atom stereocenters. The first-order valence-corrected chi connectivity index (χ1v) is 10.9. The standard InChI is InChI=1S/C22H26NO5P/c1-23(2,28-29(24,25)26-3)21(19-11-5-4-6-12-19)16-17-27-22-15-9-13-18-10-7-8-14-20(18)22/h4-15,21H,16-17H2,1-3H3/t21-/m0/s1. The van der Waals surface area contributed by atoms with Crippen LogP contribution in [0.4, 0.5) is 0 Å². The van der Waals surface area contributed by atoms with Gasteiger partial charge in [0.15, 0.2) is 0 Å². The monoisotopic (exact) mass is 415 g/mol. The second-order valence-corrected chi connectivity index (χ2v) is 8.61. The summed E-state index contributed by atoms with van der Waals surface area (Å²) >= 11 is 0. The Morgan fingerprint density at radius 3 is 2.34 bits per heavy atom. The van der Waals surface area contributed by atoms with E-state index in [0.717, 1.165) is 29.2 Å². The summed E-state index contributed by atoms with van der Waals surface area (Å²) in [5.41, 5.74) is 0.954. The van der Waals surface area contributed by atoms with Crippen LogP contribution in [-0.2, 0) is 13.7 Å². The molecule has 154 valence electrons. The number of ether oxygens (including phenoxy) is 1. The van der Waals surface area contributed by atoms with Crippen molar-refractivity contribution in [3.05, 3.63) is 78.4 Å². The van der Waals surface area contributed by atoms with Crippen LogP contribution in [0.25, 0.3) is 10.8 Å². The summed E-state index contributed by atoms with van der Waals surface area (Å²) in [6.45, 7) is 0.398. The zero-order valence-corrected chi connectivity index (χ0v) is 17.7. The molecule has 7 heteroatoms. The Balaban J connectivity index is 1.79. The van der Waals surface area contributed by atoms with Gasteiger partial charge in [-0.25, -0.2) is 0 Å². The van der Waals surface area contributed by atoms with Gasteiger partial charge < -0.3 is 14.2 Å². The number of benzene rings is 3. The molecule has 6 nitrogen and oxygen atoms in total. The van der Waals surface area contributed by atoms with Crippen molar-refractivity contribution >= 4 is 18.6 Å². The fraction of sp³-hybridized carbons (Fsp3) is 0.273.